The van der Waals surface area contributed by atoms with Crippen LogP contribution in [-0.2, 0) is 21.5 Å². The SMILES string of the molecule is COC(=O)CCCc1ccc(Oc2ccccn2)cc1C(=O)NC1(c2cccc3ccccc23)CC1. The predicted molar refractivity (Wildman–Crippen MR) is 138 cm³/mol. The number of nitrogens with one attached hydrogen (secondary N) is 1. The van der Waals surface area contributed by atoms with Crippen molar-refractivity contribution in [2.45, 2.75) is 37.6 Å². The first-order valence-electron chi connectivity index (χ1n) is 12.2. The summed E-state index contributed by atoms with van der Waals surface area (Å²) in [4.78, 5) is 29.5. The molecule has 0 atom stereocenters. The second-order valence-corrected chi connectivity index (χ2v) is 9.08. The minimum Gasteiger partial charge on any atom is -0.469 e. The van der Waals surface area contributed by atoms with Gasteiger partial charge < -0.3 is 14.8 Å². The van der Waals surface area contributed by atoms with Gasteiger partial charge in [-0.3, -0.25) is 9.59 Å². The van der Waals surface area contributed by atoms with Gasteiger partial charge in [-0.25, -0.2) is 4.98 Å². The van der Waals surface area contributed by atoms with Crippen LogP contribution in [0.5, 0.6) is 11.6 Å². The van der Waals surface area contributed by atoms with Gasteiger partial charge in [-0.2, -0.15) is 0 Å². The van der Waals surface area contributed by atoms with Gasteiger partial charge in [0.25, 0.3) is 5.91 Å². The molecule has 1 aliphatic rings. The Morgan fingerprint density at radius 1 is 0.972 bits per heavy atom. The minimum absolute atomic E-state index is 0.153. The summed E-state index contributed by atoms with van der Waals surface area (Å²) < 4.78 is 10.7. The number of hydrogen-bond donors (Lipinski definition) is 1. The largest absolute Gasteiger partial charge is 0.469 e. The van der Waals surface area contributed by atoms with Crippen LogP contribution in [0, 0.1) is 0 Å². The van der Waals surface area contributed by atoms with E-state index in [4.69, 9.17) is 9.47 Å². The molecule has 0 bridgehead atoms. The second-order valence-electron chi connectivity index (χ2n) is 9.08. The van der Waals surface area contributed by atoms with Gasteiger partial charge in [0.05, 0.1) is 12.6 Å². The molecule has 1 aromatic heterocycles. The Balaban J connectivity index is 1.43. The van der Waals surface area contributed by atoms with Gasteiger partial charge in [0.1, 0.15) is 5.75 Å². The van der Waals surface area contributed by atoms with Gasteiger partial charge in [-0.05, 0) is 65.8 Å². The van der Waals surface area contributed by atoms with Crippen molar-refractivity contribution in [3.63, 3.8) is 0 Å². The molecule has 0 radical (unpaired) electrons. The van der Waals surface area contributed by atoms with Crippen LogP contribution in [0.4, 0.5) is 0 Å². The quantitative estimate of drug-likeness (QED) is 0.300. The smallest absolute Gasteiger partial charge is 0.305 e. The predicted octanol–water partition coefficient (Wildman–Crippen LogP) is 5.94. The lowest BCUT2D eigenvalue weighted by Gasteiger charge is -2.21. The summed E-state index contributed by atoms with van der Waals surface area (Å²) in [6.07, 6.45) is 4.88. The van der Waals surface area contributed by atoms with Crippen LogP contribution in [0.25, 0.3) is 10.8 Å². The van der Waals surface area contributed by atoms with E-state index in [9.17, 15) is 9.59 Å². The van der Waals surface area contributed by atoms with E-state index in [0.717, 1.165) is 34.7 Å². The van der Waals surface area contributed by atoms with Gasteiger partial charge in [0.2, 0.25) is 5.88 Å². The van der Waals surface area contributed by atoms with Crippen molar-refractivity contribution in [1.82, 2.24) is 10.3 Å². The number of methoxy groups -OCH3 is 1. The molecule has 0 aliphatic heterocycles. The Labute approximate surface area is 210 Å². The maximum absolute atomic E-state index is 13.7. The number of esters is 1. The first kappa shape index (κ1) is 23.5. The Hall–Kier alpha value is -4.19. The maximum atomic E-state index is 13.7. The van der Waals surface area contributed by atoms with E-state index < -0.39 is 0 Å². The average molecular weight is 481 g/mol. The lowest BCUT2D eigenvalue weighted by atomic mass is 9.95. The number of pyridine rings is 1. The fraction of sp³-hybridized carbons (Fsp3) is 0.233. The zero-order chi connectivity index (χ0) is 25.0. The molecule has 1 N–H and O–H groups in total. The molecule has 0 saturated heterocycles. The molecule has 36 heavy (non-hydrogen) atoms. The molecule has 1 fully saturated rings. The van der Waals surface area contributed by atoms with Crippen molar-refractivity contribution < 1.29 is 19.1 Å². The van der Waals surface area contributed by atoms with Gasteiger partial charge >= 0.3 is 5.97 Å². The third-order valence-electron chi connectivity index (χ3n) is 6.65. The Morgan fingerprint density at radius 3 is 2.56 bits per heavy atom. The minimum atomic E-state index is -0.390. The monoisotopic (exact) mass is 480 g/mol. The Bertz CT molecular complexity index is 1390. The van der Waals surface area contributed by atoms with Crippen LogP contribution in [0.15, 0.2) is 85.1 Å². The second kappa shape index (κ2) is 10.2. The van der Waals surface area contributed by atoms with Crippen molar-refractivity contribution in [1.29, 1.82) is 0 Å². The summed E-state index contributed by atoms with van der Waals surface area (Å²) in [5.74, 6) is 0.575. The van der Waals surface area contributed by atoms with E-state index in [0.29, 0.717) is 36.5 Å². The van der Waals surface area contributed by atoms with Crippen molar-refractivity contribution in [2.24, 2.45) is 0 Å². The number of hydrogen-bond acceptors (Lipinski definition) is 5. The number of ether oxygens (including phenoxy) is 2. The number of carbonyl (C=O) groups is 2. The van der Waals surface area contributed by atoms with Crippen molar-refractivity contribution in [3.05, 3.63) is 102 Å². The third-order valence-corrected chi connectivity index (χ3v) is 6.65. The van der Waals surface area contributed by atoms with Crippen LogP contribution in [0.3, 0.4) is 0 Å². The Morgan fingerprint density at radius 2 is 1.78 bits per heavy atom. The lowest BCUT2D eigenvalue weighted by Crippen LogP contribution is -2.35. The van der Waals surface area contributed by atoms with E-state index in [1.807, 2.05) is 42.5 Å². The van der Waals surface area contributed by atoms with Gasteiger partial charge in [-0.15, -0.1) is 0 Å². The molecule has 4 aromatic rings. The molecule has 3 aromatic carbocycles. The molecule has 1 amide bonds. The number of aromatic nitrogens is 1. The first-order valence-corrected chi connectivity index (χ1v) is 12.2. The number of benzene rings is 3. The van der Waals surface area contributed by atoms with Crippen LogP contribution >= 0.6 is 0 Å². The summed E-state index contributed by atoms with van der Waals surface area (Å²) in [6.45, 7) is 0. The molecular weight excluding hydrogens is 452 g/mol. The number of aryl methyl sites for hydroxylation is 1. The highest BCUT2D eigenvalue weighted by Crippen LogP contribution is 2.48. The lowest BCUT2D eigenvalue weighted by molar-refractivity contribution is -0.140. The zero-order valence-electron chi connectivity index (χ0n) is 20.2. The summed E-state index contributed by atoms with van der Waals surface area (Å²) >= 11 is 0. The standard InChI is InChI=1S/C30H28N2O4/c1-35-28(33)14-7-10-22-15-16-23(36-27-13-4-5-19-31-27)20-25(22)29(34)32-30(17-18-30)26-12-6-9-21-8-2-3-11-24(21)26/h2-6,8-9,11-13,15-16,19-20H,7,10,14,17-18H2,1H3,(H,32,34). The molecule has 6 heteroatoms. The molecule has 5 rings (SSSR count). The first-order chi connectivity index (χ1) is 17.6. The summed E-state index contributed by atoms with van der Waals surface area (Å²) in [6, 6.07) is 25.4. The number of amides is 1. The van der Waals surface area contributed by atoms with Crippen LogP contribution in [0.2, 0.25) is 0 Å². The summed E-state index contributed by atoms with van der Waals surface area (Å²) in [5.41, 5.74) is 2.15. The molecular formula is C30H28N2O4. The van der Waals surface area contributed by atoms with Crippen LogP contribution < -0.4 is 10.1 Å². The topological polar surface area (TPSA) is 77.5 Å². The third kappa shape index (κ3) is 5.08. The Kier molecular flexibility index (Phi) is 6.67. The number of nitrogens with zero attached hydrogens (tertiary/aromatic N) is 1. The van der Waals surface area contributed by atoms with Crippen LogP contribution in [-0.4, -0.2) is 24.0 Å². The van der Waals surface area contributed by atoms with Crippen molar-refractivity contribution >= 4 is 22.6 Å². The highest BCUT2D eigenvalue weighted by atomic mass is 16.5. The average Bonchev–Trinajstić information content (AvgIpc) is 3.69. The van der Waals surface area contributed by atoms with Crippen molar-refractivity contribution in [3.8, 4) is 11.6 Å². The van der Waals surface area contributed by atoms with Gasteiger partial charge in [0, 0.05) is 24.2 Å². The number of fused-ring (bicyclic) bond motifs is 1. The molecule has 1 aliphatic carbocycles. The van der Waals surface area contributed by atoms with Gasteiger partial charge in [-0.1, -0.05) is 54.6 Å². The van der Waals surface area contributed by atoms with E-state index >= 15 is 0 Å². The van der Waals surface area contributed by atoms with E-state index in [2.05, 4.69) is 34.6 Å². The molecule has 6 nitrogen and oxygen atoms in total. The zero-order valence-corrected chi connectivity index (χ0v) is 20.2. The van der Waals surface area contributed by atoms with Crippen LogP contribution in [0.1, 0.15) is 47.2 Å². The molecule has 0 unspecified atom stereocenters. The molecule has 1 saturated carbocycles. The summed E-state index contributed by atoms with van der Waals surface area (Å²) in [5, 5.41) is 5.65. The molecule has 0 spiro atoms. The van der Waals surface area contributed by atoms with E-state index in [-0.39, 0.29) is 17.4 Å². The summed E-state index contributed by atoms with van der Waals surface area (Å²) in [7, 11) is 1.38. The number of rotatable bonds is 9. The highest BCUT2D eigenvalue weighted by molar-refractivity contribution is 5.98. The van der Waals surface area contributed by atoms with E-state index in [1.165, 1.54) is 7.11 Å². The highest BCUT2D eigenvalue weighted by Gasteiger charge is 2.46. The fourth-order valence-electron chi connectivity index (χ4n) is 4.62. The van der Waals surface area contributed by atoms with E-state index in [1.54, 1.807) is 18.3 Å². The van der Waals surface area contributed by atoms with Gasteiger partial charge in [0.15, 0.2) is 0 Å². The molecule has 182 valence electrons. The van der Waals surface area contributed by atoms with Crippen molar-refractivity contribution in [2.75, 3.05) is 7.11 Å². The molecule has 1 heterocycles. The maximum Gasteiger partial charge on any atom is 0.305 e. The fourth-order valence-corrected chi connectivity index (χ4v) is 4.62. The normalized spacial score (nSPS) is 13.7. The number of carbonyl (C=O) groups excluding carboxylic acids is 2.